The van der Waals surface area contributed by atoms with Gasteiger partial charge in [0.05, 0.1) is 5.56 Å². The molecule has 0 aromatic carbocycles. The highest BCUT2D eigenvalue weighted by atomic mass is 16.2. The Hall–Kier alpha value is -1.58. The van der Waals surface area contributed by atoms with E-state index in [1.807, 2.05) is 13.8 Å². The molecule has 1 aromatic rings. The molecule has 0 saturated heterocycles. The van der Waals surface area contributed by atoms with Gasteiger partial charge in [-0.3, -0.25) is 9.59 Å². The number of carbonyl (C=O) groups is 1. The van der Waals surface area contributed by atoms with Gasteiger partial charge < -0.3 is 9.47 Å². The van der Waals surface area contributed by atoms with Crippen LogP contribution < -0.4 is 5.56 Å². The van der Waals surface area contributed by atoms with E-state index in [2.05, 4.69) is 0 Å². The van der Waals surface area contributed by atoms with Crippen LogP contribution >= 0.6 is 0 Å². The summed E-state index contributed by atoms with van der Waals surface area (Å²) >= 11 is 0. The second-order valence-corrected chi connectivity index (χ2v) is 3.34. The van der Waals surface area contributed by atoms with E-state index >= 15 is 0 Å². The highest BCUT2D eigenvalue weighted by Gasteiger charge is 2.12. The predicted octanol–water partition coefficient (Wildman–Crippen LogP) is 0.867. The lowest BCUT2D eigenvalue weighted by Crippen LogP contribution is -2.31. The fraction of sp³-hybridized carbons (Fsp3) is 0.455. The molecule has 0 N–H and O–H groups in total. The van der Waals surface area contributed by atoms with Gasteiger partial charge in [-0.05, 0) is 19.9 Å². The van der Waals surface area contributed by atoms with Gasteiger partial charge in [0.2, 0.25) is 5.56 Å². The first kappa shape index (κ1) is 11.5. The van der Waals surface area contributed by atoms with Gasteiger partial charge in [-0.2, -0.15) is 0 Å². The first-order valence-electron chi connectivity index (χ1n) is 5.06. The minimum absolute atomic E-state index is 0.0319. The number of hydrogen-bond acceptors (Lipinski definition) is 2. The fourth-order valence-electron chi connectivity index (χ4n) is 1.41. The van der Waals surface area contributed by atoms with Gasteiger partial charge in [0.25, 0.3) is 5.91 Å². The van der Waals surface area contributed by atoms with E-state index in [4.69, 9.17) is 0 Å². The van der Waals surface area contributed by atoms with Crippen LogP contribution in [0.3, 0.4) is 0 Å². The van der Waals surface area contributed by atoms with E-state index in [0.29, 0.717) is 18.7 Å². The Morgan fingerprint density at radius 2 is 1.93 bits per heavy atom. The summed E-state index contributed by atoms with van der Waals surface area (Å²) in [6, 6.07) is 2.99. The third-order valence-corrected chi connectivity index (χ3v) is 2.38. The average Bonchev–Trinajstić information content (AvgIpc) is 2.23. The molecule has 0 aliphatic rings. The second kappa shape index (κ2) is 4.77. The first-order valence-corrected chi connectivity index (χ1v) is 5.06. The van der Waals surface area contributed by atoms with Crippen LogP contribution in [0.4, 0.5) is 0 Å². The molecule has 0 fully saturated rings. The Labute approximate surface area is 89.1 Å². The van der Waals surface area contributed by atoms with E-state index in [0.717, 1.165) is 0 Å². The lowest BCUT2D eigenvalue weighted by Gasteiger charge is -2.18. The Balaban J connectivity index is 3.01. The van der Waals surface area contributed by atoms with Crippen LogP contribution in [0.1, 0.15) is 24.2 Å². The topological polar surface area (TPSA) is 42.3 Å². The van der Waals surface area contributed by atoms with Crippen molar-refractivity contribution in [1.82, 2.24) is 9.47 Å². The Morgan fingerprint density at radius 1 is 1.33 bits per heavy atom. The molecule has 0 saturated carbocycles. The van der Waals surface area contributed by atoms with Gasteiger partial charge in [0.15, 0.2) is 0 Å². The van der Waals surface area contributed by atoms with Crippen molar-refractivity contribution < 1.29 is 4.79 Å². The summed E-state index contributed by atoms with van der Waals surface area (Å²) in [6.45, 7) is 5.23. The van der Waals surface area contributed by atoms with Gasteiger partial charge >= 0.3 is 0 Å². The molecule has 15 heavy (non-hydrogen) atoms. The lowest BCUT2D eigenvalue weighted by molar-refractivity contribution is 0.0772. The number of hydrogen-bond donors (Lipinski definition) is 0. The number of aryl methyl sites for hydroxylation is 1. The van der Waals surface area contributed by atoms with Crippen molar-refractivity contribution >= 4 is 5.91 Å². The van der Waals surface area contributed by atoms with Gasteiger partial charge in [-0.1, -0.05) is 0 Å². The van der Waals surface area contributed by atoms with Crippen LogP contribution in [-0.2, 0) is 7.05 Å². The van der Waals surface area contributed by atoms with Gasteiger partial charge in [-0.15, -0.1) is 0 Å². The molecule has 82 valence electrons. The quantitative estimate of drug-likeness (QED) is 0.739. The van der Waals surface area contributed by atoms with Crippen molar-refractivity contribution in [2.45, 2.75) is 13.8 Å². The number of rotatable bonds is 3. The van der Waals surface area contributed by atoms with Crippen molar-refractivity contribution in [3.8, 4) is 0 Å². The zero-order chi connectivity index (χ0) is 11.4. The van der Waals surface area contributed by atoms with Crippen molar-refractivity contribution in [3.63, 3.8) is 0 Å². The third-order valence-electron chi connectivity index (χ3n) is 2.38. The molecule has 4 nitrogen and oxygen atoms in total. The zero-order valence-electron chi connectivity index (χ0n) is 9.36. The van der Waals surface area contributed by atoms with Crippen LogP contribution in [0.15, 0.2) is 23.1 Å². The molecule has 0 bridgehead atoms. The molecule has 0 atom stereocenters. The summed E-state index contributed by atoms with van der Waals surface area (Å²) in [5.41, 5.74) is 0.451. The molecule has 1 heterocycles. The van der Waals surface area contributed by atoms with Gasteiger partial charge in [0.1, 0.15) is 0 Å². The maximum absolute atomic E-state index is 11.9. The Bertz CT molecular complexity index is 405. The van der Waals surface area contributed by atoms with Crippen LogP contribution in [-0.4, -0.2) is 28.5 Å². The molecule has 0 aliphatic carbocycles. The summed E-state index contributed by atoms with van der Waals surface area (Å²) in [4.78, 5) is 24.7. The predicted molar refractivity (Wildman–Crippen MR) is 58.9 cm³/mol. The number of aromatic nitrogens is 1. The highest BCUT2D eigenvalue weighted by molar-refractivity contribution is 5.93. The van der Waals surface area contributed by atoms with E-state index in [1.54, 1.807) is 24.2 Å². The van der Waals surface area contributed by atoms with Crippen LogP contribution in [0.25, 0.3) is 0 Å². The third kappa shape index (κ3) is 2.46. The minimum Gasteiger partial charge on any atom is -0.339 e. The van der Waals surface area contributed by atoms with Gasteiger partial charge in [-0.25, -0.2) is 0 Å². The van der Waals surface area contributed by atoms with E-state index in [9.17, 15) is 9.59 Å². The molecule has 0 radical (unpaired) electrons. The van der Waals surface area contributed by atoms with Crippen LogP contribution in [0.2, 0.25) is 0 Å². The summed E-state index contributed by atoms with van der Waals surface area (Å²) < 4.78 is 1.41. The molecule has 0 unspecified atom stereocenters. The van der Waals surface area contributed by atoms with Crippen molar-refractivity contribution in [3.05, 3.63) is 34.2 Å². The maximum Gasteiger partial charge on any atom is 0.255 e. The molecule has 1 rings (SSSR count). The van der Waals surface area contributed by atoms with E-state index < -0.39 is 0 Å². The maximum atomic E-state index is 11.9. The molecule has 0 spiro atoms. The Morgan fingerprint density at radius 3 is 2.40 bits per heavy atom. The van der Waals surface area contributed by atoms with Crippen molar-refractivity contribution in [2.24, 2.45) is 7.05 Å². The summed E-state index contributed by atoms with van der Waals surface area (Å²) in [6.07, 6.45) is 1.57. The molecule has 1 amide bonds. The van der Waals surface area contributed by atoms with E-state index in [-0.39, 0.29) is 11.5 Å². The van der Waals surface area contributed by atoms with Crippen molar-refractivity contribution in [2.75, 3.05) is 13.1 Å². The molecule has 0 aliphatic heterocycles. The molecular weight excluding hydrogens is 192 g/mol. The number of amides is 1. The normalized spacial score (nSPS) is 10.1. The monoisotopic (exact) mass is 208 g/mol. The van der Waals surface area contributed by atoms with E-state index in [1.165, 1.54) is 10.6 Å². The lowest BCUT2D eigenvalue weighted by atomic mass is 10.2. The zero-order valence-corrected chi connectivity index (χ0v) is 9.36. The summed E-state index contributed by atoms with van der Waals surface area (Å²) in [7, 11) is 1.64. The minimum atomic E-state index is -0.105. The standard InChI is InChI=1S/C11H16N2O2/c1-4-13(5-2)11(15)9-6-7-10(14)12(3)8-9/h6-8H,4-5H2,1-3H3. The van der Waals surface area contributed by atoms with Crippen molar-refractivity contribution in [1.29, 1.82) is 0 Å². The largest absolute Gasteiger partial charge is 0.339 e. The summed E-state index contributed by atoms with van der Waals surface area (Å²) in [5, 5.41) is 0. The SMILES string of the molecule is CCN(CC)C(=O)c1ccc(=O)n(C)c1. The Kier molecular flexibility index (Phi) is 3.66. The number of carbonyl (C=O) groups excluding carboxylic acids is 1. The molecule has 1 aromatic heterocycles. The molecular formula is C11H16N2O2. The average molecular weight is 208 g/mol. The van der Waals surface area contributed by atoms with Crippen LogP contribution in [0.5, 0.6) is 0 Å². The van der Waals surface area contributed by atoms with Crippen LogP contribution in [0, 0.1) is 0 Å². The number of pyridine rings is 1. The highest BCUT2D eigenvalue weighted by Crippen LogP contribution is 2.01. The van der Waals surface area contributed by atoms with Gasteiger partial charge in [0, 0.05) is 32.4 Å². The number of nitrogens with zero attached hydrogens (tertiary/aromatic N) is 2. The second-order valence-electron chi connectivity index (χ2n) is 3.34. The first-order chi connectivity index (χ1) is 7.10. The fourth-order valence-corrected chi connectivity index (χ4v) is 1.41. The molecule has 4 heteroatoms. The smallest absolute Gasteiger partial charge is 0.255 e. The summed E-state index contributed by atoms with van der Waals surface area (Å²) in [5.74, 6) is -0.0319.